The fourth-order valence-electron chi connectivity index (χ4n) is 7.46. The van der Waals surface area contributed by atoms with Crippen molar-refractivity contribution in [1.29, 1.82) is 0 Å². The van der Waals surface area contributed by atoms with Gasteiger partial charge in [0.2, 0.25) is 0 Å². The molecule has 0 saturated carbocycles. The van der Waals surface area contributed by atoms with E-state index in [1.54, 1.807) is 0 Å². The molecule has 1 atom stereocenters. The summed E-state index contributed by atoms with van der Waals surface area (Å²) in [6.45, 7) is 11.3. The summed E-state index contributed by atoms with van der Waals surface area (Å²) in [7, 11) is 0. The second-order valence-electron chi connectivity index (χ2n) is 18.1. The van der Waals surface area contributed by atoms with E-state index >= 15 is 0 Å². The van der Waals surface area contributed by atoms with Crippen LogP contribution in [0.25, 0.3) is 0 Å². The van der Waals surface area contributed by atoms with E-state index < -0.39 is 6.10 Å². The first-order valence-corrected chi connectivity index (χ1v) is 24.7. The average molecular weight is 793 g/mol. The molecule has 6 heteroatoms. The molecule has 0 spiro atoms. The molecule has 0 fully saturated rings. The maximum Gasteiger partial charge on any atom is 0.306 e. The molecule has 0 amide bonds. The molecule has 0 aliphatic rings. The van der Waals surface area contributed by atoms with Crippen LogP contribution in [0.2, 0.25) is 0 Å². The maximum atomic E-state index is 12.7. The van der Waals surface area contributed by atoms with Crippen LogP contribution in [0.5, 0.6) is 0 Å². The van der Waals surface area contributed by atoms with E-state index in [0.29, 0.717) is 19.3 Å². The second-order valence-corrected chi connectivity index (χ2v) is 18.1. The number of carbonyl (C=O) groups excluding carboxylic acids is 3. The first-order chi connectivity index (χ1) is 27.2. The number of esters is 3. The highest BCUT2D eigenvalue weighted by Gasteiger charge is 2.19. The van der Waals surface area contributed by atoms with Gasteiger partial charge in [-0.25, -0.2) is 0 Å². The molecule has 0 radical (unpaired) electrons. The minimum Gasteiger partial charge on any atom is -0.462 e. The van der Waals surface area contributed by atoms with Crippen LogP contribution in [0.3, 0.4) is 0 Å². The van der Waals surface area contributed by atoms with Gasteiger partial charge in [-0.2, -0.15) is 0 Å². The largest absolute Gasteiger partial charge is 0.462 e. The number of unbranched alkanes of at least 4 members (excludes halogenated alkanes) is 29. The third kappa shape index (κ3) is 43.5. The Bertz CT molecular complexity index is 854. The van der Waals surface area contributed by atoms with Crippen LogP contribution >= 0.6 is 0 Å². The highest BCUT2D eigenvalue weighted by atomic mass is 16.6. The lowest BCUT2D eigenvalue weighted by molar-refractivity contribution is -0.167. The Morgan fingerprint density at radius 1 is 0.339 bits per heavy atom. The highest BCUT2D eigenvalue weighted by Crippen LogP contribution is 2.17. The Labute approximate surface area is 348 Å². The molecule has 0 aromatic rings. The van der Waals surface area contributed by atoms with Gasteiger partial charge in [-0.15, -0.1) is 0 Å². The molecule has 0 aliphatic heterocycles. The van der Waals surface area contributed by atoms with Crippen LogP contribution in [0.15, 0.2) is 0 Å². The minimum absolute atomic E-state index is 0.0642. The topological polar surface area (TPSA) is 78.9 Å². The van der Waals surface area contributed by atoms with E-state index in [0.717, 1.165) is 69.6 Å². The van der Waals surface area contributed by atoms with Crippen molar-refractivity contribution in [1.82, 2.24) is 0 Å². The maximum absolute atomic E-state index is 12.7. The molecule has 56 heavy (non-hydrogen) atoms. The summed E-state index contributed by atoms with van der Waals surface area (Å²) in [6, 6.07) is 0. The summed E-state index contributed by atoms with van der Waals surface area (Å²) in [4.78, 5) is 37.8. The van der Waals surface area contributed by atoms with Crippen molar-refractivity contribution in [3.8, 4) is 0 Å². The number of hydrogen-bond acceptors (Lipinski definition) is 6. The normalized spacial score (nSPS) is 12.1. The van der Waals surface area contributed by atoms with E-state index in [9.17, 15) is 14.4 Å². The third-order valence-corrected chi connectivity index (χ3v) is 11.2. The standard InChI is InChI=1S/C50H96O6/c1-6-7-8-9-10-18-25-30-35-40-48(51)54-43-47(56-50(53)42-37-32-27-22-17-16-20-24-29-34-39-46(4)5)44-55-49(52)41-36-31-26-21-15-13-11-12-14-19-23-28-33-38-45(2)3/h45-47H,6-44H2,1-5H3/t47-/m0/s1. The molecule has 0 N–H and O–H groups in total. The van der Waals surface area contributed by atoms with Gasteiger partial charge in [0, 0.05) is 19.3 Å². The zero-order chi connectivity index (χ0) is 41.2. The summed E-state index contributed by atoms with van der Waals surface area (Å²) in [5, 5.41) is 0. The van der Waals surface area contributed by atoms with E-state index in [1.807, 2.05) is 0 Å². The number of rotatable bonds is 44. The molecular formula is C50H96O6. The number of hydrogen-bond donors (Lipinski definition) is 0. The predicted octanol–water partition coefficient (Wildman–Crippen LogP) is 15.8. The van der Waals surface area contributed by atoms with Gasteiger partial charge in [0.05, 0.1) is 0 Å². The van der Waals surface area contributed by atoms with Crippen molar-refractivity contribution in [3.05, 3.63) is 0 Å². The van der Waals surface area contributed by atoms with Gasteiger partial charge < -0.3 is 14.2 Å². The van der Waals surface area contributed by atoms with Crippen molar-refractivity contribution in [2.24, 2.45) is 11.8 Å². The molecule has 0 unspecified atom stereocenters. The molecule has 332 valence electrons. The molecule has 6 nitrogen and oxygen atoms in total. The van der Waals surface area contributed by atoms with Gasteiger partial charge in [0.15, 0.2) is 6.10 Å². The summed E-state index contributed by atoms with van der Waals surface area (Å²) in [5.74, 6) is 0.802. The van der Waals surface area contributed by atoms with Crippen LogP contribution in [-0.2, 0) is 28.6 Å². The van der Waals surface area contributed by atoms with Gasteiger partial charge in [0.1, 0.15) is 13.2 Å². The molecule has 0 aromatic carbocycles. The summed E-state index contributed by atoms with van der Waals surface area (Å²) < 4.78 is 16.7. The molecule has 0 heterocycles. The smallest absolute Gasteiger partial charge is 0.306 e. The molecule has 0 saturated heterocycles. The van der Waals surface area contributed by atoms with Gasteiger partial charge in [-0.3, -0.25) is 14.4 Å². The van der Waals surface area contributed by atoms with Crippen molar-refractivity contribution in [2.75, 3.05) is 13.2 Å². The highest BCUT2D eigenvalue weighted by molar-refractivity contribution is 5.71. The Morgan fingerprint density at radius 2 is 0.589 bits per heavy atom. The molecule has 0 aliphatic carbocycles. The lowest BCUT2D eigenvalue weighted by atomic mass is 10.0. The quantitative estimate of drug-likeness (QED) is 0.0347. The van der Waals surface area contributed by atoms with Gasteiger partial charge >= 0.3 is 17.9 Å². The number of ether oxygens (including phenoxy) is 3. The Balaban J connectivity index is 4.27. The molecule has 0 bridgehead atoms. The lowest BCUT2D eigenvalue weighted by Gasteiger charge is -2.18. The zero-order valence-electron chi connectivity index (χ0n) is 38.3. The Hall–Kier alpha value is -1.59. The Kier molecular flexibility index (Phi) is 41.8. The van der Waals surface area contributed by atoms with Gasteiger partial charge in [-0.1, -0.05) is 234 Å². The van der Waals surface area contributed by atoms with Crippen molar-refractivity contribution >= 4 is 17.9 Å². The van der Waals surface area contributed by atoms with E-state index in [4.69, 9.17) is 14.2 Å². The predicted molar refractivity (Wildman–Crippen MR) is 238 cm³/mol. The average Bonchev–Trinajstić information content (AvgIpc) is 3.16. The molecular weight excluding hydrogens is 697 g/mol. The lowest BCUT2D eigenvalue weighted by Crippen LogP contribution is -2.30. The monoisotopic (exact) mass is 793 g/mol. The van der Waals surface area contributed by atoms with E-state index in [1.165, 1.54) is 161 Å². The molecule has 0 rings (SSSR count). The minimum atomic E-state index is -0.760. The van der Waals surface area contributed by atoms with Crippen LogP contribution in [0, 0.1) is 11.8 Å². The van der Waals surface area contributed by atoms with Crippen LogP contribution in [-0.4, -0.2) is 37.2 Å². The van der Waals surface area contributed by atoms with Crippen molar-refractivity contribution in [3.63, 3.8) is 0 Å². The Morgan fingerprint density at radius 3 is 0.875 bits per heavy atom. The van der Waals surface area contributed by atoms with E-state index in [2.05, 4.69) is 34.6 Å². The molecule has 0 aromatic heterocycles. The first-order valence-electron chi connectivity index (χ1n) is 24.7. The van der Waals surface area contributed by atoms with Crippen LogP contribution < -0.4 is 0 Å². The summed E-state index contributed by atoms with van der Waals surface area (Å²) in [5.41, 5.74) is 0. The van der Waals surface area contributed by atoms with Crippen molar-refractivity contribution < 1.29 is 28.6 Å². The van der Waals surface area contributed by atoms with Gasteiger partial charge in [-0.05, 0) is 31.1 Å². The fourth-order valence-corrected chi connectivity index (χ4v) is 7.46. The van der Waals surface area contributed by atoms with Crippen LogP contribution in [0.4, 0.5) is 0 Å². The summed E-state index contributed by atoms with van der Waals surface area (Å²) in [6.07, 6.45) is 42.3. The number of carbonyl (C=O) groups is 3. The SMILES string of the molecule is CCCCCCCCCCCC(=O)OC[C@@H](COC(=O)CCCCCCCCCCCCCCCC(C)C)OC(=O)CCCCCCCCCCCCC(C)C. The second kappa shape index (κ2) is 43.0. The van der Waals surface area contributed by atoms with Crippen molar-refractivity contribution in [2.45, 2.75) is 278 Å². The third-order valence-electron chi connectivity index (χ3n) is 11.2. The van der Waals surface area contributed by atoms with Crippen LogP contribution in [0.1, 0.15) is 272 Å². The first kappa shape index (κ1) is 54.4. The van der Waals surface area contributed by atoms with E-state index in [-0.39, 0.29) is 31.1 Å². The summed E-state index contributed by atoms with van der Waals surface area (Å²) >= 11 is 0. The van der Waals surface area contributed by atoms with Gasteiger partial charge in [0.25, 0.3) is 0 Å². The fraction of sp³-hybridized carbons (Fsp3) is 0.940. The zero-order valence-corrected chi connectivity index (χ0v) is 38.3.